The minimum atomic E-state index is 0.402. The molecule has 118 valence electrons. The van der Waals surface area contributed by atoms with Gasteiger partial charge in [0.25, 0.3) is 0 Å². The second-order valence-corrected chi connectivity index (χ2v) is 5.64. The molecule has 0 atom stereocenters. The quantitative estimate of drug-likeness (QED) is 0.801. The van der Waals surface area contributed by atoms with Gasteiger partial charge >= 0.3 is 0 Å². The molecular formula is C15H19Cl2N5. The maximum Gasteiger partial charge on any atom is 0.249 e. The lowest BCUT2D eigenvalue weighted by Crippen LogP contribution is -2.26. The van der Waals surface area contributed by atoms with E-state index in [-0.39, 0.29) is 0 Å². The fourth-order valence-electron chi connectivity index (χ4n) is 2.10. The van der Waals surface area contributed by atoms with Crippen LogP contribution in [0, 0.1) is 0 Å². The molecule has 1 N–H and O–H groups in total. The zero-order valence-corrected chi connectivity index (χ0v) is 14.2. The maximum atomic E-state index is 6.16. The Bertz CT molecular complexity index is 615. The first-order valence-corrected chi connectivity index (χ1v) is 8.07. The Morgan fingerprint density at radius 1 is 1.14 bits per heavy atom. The molecule has 2 rings (SSSR count). The fraction of sp³-hybridized carbons (Fsp3) is 0.400. The molecule has 0 aliphatic rings. The molecule has 0 unspecified atom stereocenters. The van der Waals surface area contributed by atoms with Gasteiger partial charge in [-0.05, 0) is 25.0 Å². The molecule has 0 bridgehead atoms. The second kappa shape index (κ2) is 8.15. The van der Waals surface area contributed by atoms with E-state index >= 15 is 0 Å². The maximum absolute atomic E-state index is 6.16. The zero-order chi connectivity index (χ0) is 15.9. The number of rotatable bonds is 7. The number of anilines is 3. The van der Waals surface area contributed by atoms with Crippen LogP contribution in [0.5, 0.6) is 0 Å². The lowest BCUT2D eigenvalue weighted by atomic mass is 10.3. The lowest BCUT2D eigenvalue weighted by Gasteiger charge is -2.22. The van der Waals surface area contributed by atoms with E-state index in [1.165, 1.54) is 0 Å². The minimum absolute atomic E-state index is 0.402. The summed E-state index contributed by atoms with van der Waals surface area (Å²) in [6, 6.07) is 5.36. The van der Waals surface area contributed by atoms with Crippen LogP contribution in [0.4, 0.5) is 17.5 Å². The van der Waals surface area contributed by atoms with Crippen LogP contribution in [0.15, 0.2) is 24.4 Å². The summed E-state index contributed by atoms with van der Waals surface area (Å²) in [5.74, 6) is 1.21. The van der Waals surface area contributed by atoms with Crippen LogP contribution >= 0.6 is 23.2 Å². The lowest BCUT2D eigenvalue weighted by molar-refractivity contribution is 0.728. The molecular weight excluding hydrogens is 321 g/mol. The summed E-state index contributed by atoms with van der Waals surface area (Å²) >= 11 is 12.2. The van der Waals surface area contributed by atoms with Crippen molar-refractivity contribution in [1.29, 1.82) is 0 Å². The van der Waals surface area contributed by atoms with Crippen LogP contribution in [0.25, 0.3) is 0 Å². The van der Waals surface area contributed by atoms with Crippen molar-refractivity contribution in [2.45, 2.75) is 26.7 Å². The summed E-state index contributed by atoms with van der Waals surface area (Å²) < 4.78 is 0. The third-order valence-electron chi connectivity index (χ3n) is 3.06. The average molecular weight is 340 g/mol. The summed E-state index contributed by atoms with van der Waals surface area (Å²) in [7, 11) is 0. The Morgan fingerprint density at radius 3 is 2.55 bits per heavy atom. The van der Waals surface area contributed by atoms with E-state index in [0.717, 1.165) is 31.7 Å². The number of halogens is 2. The first-order valence-electron chi connectivity index (χ1n) is 7.31. The van der Waals surface area contributed by atoms with Gasteiger partial charge in [-0.1, -0.05) is 43.1 Å². The molecule has 7 heteroatoms. The standard InChI is InChI=1S/C15H19Cl2N5/c1-3-8-22(9-4-2)13-10-18-21-15(20-13)19-12-7-5-6-11(16)14(12)17/h5-7,10H,3-4,8-9H2,1-2H3,(H,19,20,21). The summed E-state index contributed by atoms with van der Waals surface area (Å²) in [5, 5.41) is 12.0. The van der Waals surface area contributed by atoms with E-state index in [1.807, 2.05) is 12.1 Å². The van der Waals surface area contributed by atoms with E-state index in [1.54, 1.807) is 12.3 Å². The third-order valence-corrected chi connectivity index (χ3v) is 3.87. The van der Waals surface area contributed by atoms with E-state index in [2.05, 4.69) is 39.2 Å². The van der Waals surface area contributed by atoms with Crippen LogP contribution in [-0.4, -0.2) is 28.3 Å². The first kappa shape index (κ1) is 16.8. The van der Waals surface area contributed by atoms with Crippen molar-refractivity contribution in [2.75, 3.05) is 23.3 Å². The van der Waals surface area contributed by atoms with E-state index in [9.17, 15) is 0 Å². The number of hydrogen-bond acceptors (Lipinski definition) is 5. The van der Waals surface area contributed by atoms with Gasteiger partial charge in [0, 0.05) is 13.1 Å². The van der Waals surface area contributed by atoms with Crippen molar-refractivity contribution >= 4 is 40.7 Å². The van der Waals surface area contributed by atoms with Gasteiger partial charge in [0.2, 0.25) is 5.95 Å². The highest BCUT2D eigenvalue weighted by atomic mass is 35.5. The van der Waals surface area contributed by atoms with Crippen LogP contribution < -0.4 is 10.2 Å². The molecule has 22 heavy (non-hydrogen) atoms. The van der Waals surface area contributed by atoms with Crippen LogP contribution in [-0.2, 0) is 0 Å². The van der Waals surface area contributed by atoms with Crippen molar-refractivity contribution in [3.63, 3.8) is 0 Å². The predicted molar refractivity (Wildman–Crippen MR) is 92.4 cm³/mol. The van der Waals surface area contributed by atoms with Gasteiger partial charge in [-0.25, -0.2) is 0 Å². The molecule has 5 nitrogen and oxygen atoms in total. The highest BCUT2D eigenvalue weighted by Crippen LogP contribution is 2.31. The monoisotopic (exact) mass is 339 g/mol. The van der Waals surface area contributed by atoms with E-state index < -0.39 is 0 Å². The van der Waals surface area contributed by atoms with Gasteiger partial charge in [-0.3, -0.25) is 0 Å². The normalized spacial score (nSPS) is 10.5. The van der Waals surface area contributed by atoms with Gasteiger partial charge in [0.15, 0.2) is 5.82 Å². The van der Waals surface area contributed by atoms with Gasteiger partial charge in [-0.15, -0.1) is 5.10 Å². The topological polar surface area (TPSA) is 53.9 Å². The fourth-order valence-corrected chi connectivity index (χ4v) is 2.45. The highest BCUT2D eigenvalue weighted by Gasteiger charge is 2.10. The summed E-state index contributed by atoms with van der Waals surface area (Å²) in [5.41, 5.74) is 0.658. The Kier molecular flexibility index (Phi) is 6.21. The molecule has 0 radical (unpaired) electrons. The van der Waals surface area contributed by atoms with Gasteiger partial charge < -0.3 is 10.2 Å². The number of nitrogens with one attached hydrogen (secondary N) is 1. The number of aromatic nitrogens is 3. The number of nitrogens with zero attached hydrogens (tertiary/aromatic N) is 4. The Morgan fingerprint density at radius 2 is 1.86 bits per heavy atom. The molecule has 2 aromatic rings. The molecule has 1 aromatic heterocycles. The van der Waals surface area contributed by atoms with Crippen LogP contribution in [0.2, 0.25) is 10.0 Å². The Balaban J connectivity index is 2.22. The molecule has 0 saturated heterocycles. The summed E-state index contributed by atoms with van der Waals surface area (Å²) in [6.45, 7) is 6.15. The number of hydrogen-bond donors (Lipinski definition) is 1. The van der Waals surface area contributed by atoms with Gasteiger partial charge in [0.05, 0.1) is 21.9 Å². The van der Waals surface area contributed by atoms with Crippen molar-refractivity contribution in [3.8, 4) is 0 Å². The largest absolute Gasteiger partial charge is 0.355 e. The van der Waals surface area contributed by atoms with Crippen LogP contribution in [0.3, 0.4) is 0 Å². The zero-order valence-electron chi connectivity index (χ0n) is 12.7. The summed E-state index contributed by atoms with van der Waals surface area (Å²) in [6.07, 6.45) is 3.77. The van der Waals surface area contributed by atoms with Gasteiger partial charge in [-0.2, -0.15) is 10.1 Å². The summed E-state index contributed by atoms with van der Waals surface area (Å²) in [4.78, 5) is 6.71. The molecule has 0 aliphatic carbocycles. The second-order valence-electron chi connectivity index (χ2n) is 4.85. The molecule has 0 fully saturated rings. The van der Waals surface area contributed by atoms with E-state index in [0.29, 0.717) is 21.7 Å². The van der Waals surface area contributed by atoms with Crippen LogP contribution in [0.1, 0.15) is 26.7 Å². The molecule has 1 aromatic carbocycles. The minimum Gasteiger partial charge on any atom is -0.355 e. The Hall–Kier alpha value is -1.59. The third kappa shape index (κ3) is 4.21. The van der Waals surface area contributed by atoms with Crippen molar-refractivity contribution in [2.24, 2.45) is 0 Å². The first-order chi connectivity index (χ1) is 10.7. The average Bonchev–Trinajstić information content (AvgIpc) is 2.52. The SMILES string of the molecule is CCCN(CCC)c1cnnc(Nc2cccc(Cl)c2Cl)n1. The highest BCUT2D eigenvalue weighted by molar-refractivity contribution is 6.43. The van der Waals surface area contributed by atoms with Crippen molar-refractivity contribution in [3.05, 3.63) is 34.4 Å². The Labute approximate surface area is 140 Å². The number of benzene rings is 1. The molecule has 0 saturated carbocycles. The molecule has 0 spiro atoms. The van der Waals surface area contributed by atoms with Crippen molar-refractivity contribution < 1.29 is 0 Å². The van der Waals surface area contributed by atoms with Crippen molar-refractivity contribution in [1.82, 2.24) is 15.2 Å². The molecule has 1 heterocycles. The molecule has 0 amide bonds. The van der Waals surface area contributed by atoms with Gasteiger partial charge in [0.1, 0.15) is 0 Å². The van der Waals surface area contributed by atoms with E-state index in [4.69, 9.17) is 23.2 Å². The predicted octanol–water partition coefficient (Wildman–Crippen LogP) is 4.55. The molecule has 0 aliphatic heterocycles. The smallest absolute Gasteiger partial charge is 0.249 e.